The summed E-state index contributed by atoms with van der Waals surface area (Å²) in [6.07, 6.45) is 6.98. The van der Waals surface area contributed by atoms with E-state index in [0.29, 0.717) is 17.9 Å². The average molecular weight is 252 g/mol. The summed E-state index contributed by atoms with van der Waals surface area (Å²) in [6, 6.07) is 0.546. The first-order valence-corrected chi connectivity index (χ1v) is 7.70. The fourth-order valence-corrected chi connectivity index (χ4v) is 2.64. The first-order valence-electron chi connectivity index (χ1n) is 7.70. The minimum atomic E-state index is 0.380. The lowest BCUT2D eigenvalue weighted by molar-refractivity contribution is -0.132. The van der Waals surface area contributed by atoms with E-state index in [-0.39, 0.29) is 0 Å². The van der Waals surface area contributed by atoms with Gasteiger partial charge in [-0.1, -0.05) is 20.3 Å². The summed E-state index contributed by atoms with van der Waals surface area (Å²) < 4.78 is 0. The molecule has 1 saturated heterocycles. The van der Waals surface area contributed by atoms with Gasteiger partial charge in [0.25, 0.3) is 0 Å². The van der Waals surface area contributed by atoms with Gasteiger partial charge in [-0.2, -0.15) is 0 Å². The Balaban J connectivity index is 1.83. The summed E-state index contributed by atoms with van der Waals surface area (Å²) in [5.74, 6) is 1.70. The van der Waals surface area contributed by atoms with Gasteiger partial charge in [-0.05, 0) is 44.1 Å². The molecule has 1 aliphatic carbocycles. The van der Waals surface area contributed by atoms with Gasteiger partial charge >= 0.3 is 0 Å². The molecule has 0 bridgehead atoms. The van der Waals surface area contributed by atoms with Crippen LogP contribution in [0.15, 0.2) is 0 Å². The molecule has 1 amide bonds. The van der Waals surface area contributed by atoms with Crippen LogP contribution >= 0.6 is 0 Å². The molecule has 104 valence electrons. The van der Waals surface area contributed by atoms with E-state index < -0.39 is 0 Å². The van der Waals surface area contributed by atoms with Crippen molar-refractivity contribution in [2.75, 3.05) is 19.6 Å². The smallest absolute Gasteiger partial charge is 0.222 e. The fourth-order valence-electron chi connectivity index (χ4n) is 2.64. The van der Waals surface area contributed by atoms with Crippen LogP contribution < -0.4 is 5.32 Å². The molecule has 1 saturated carbocycles. The number of nitrogens with one attached hydrogen (secondary N) is 1. The van der Waals surface area contributed by atoms with Crippen molar-refractivity contribution in [3.05, 3.63) is 0 Å². The van der Waals surface area contributed by atoms with Crippen molar-refractivity contribution < 1.29 is 4.79 Å². The van der Waals surface area contributed by atoms with E-state index in [0.717, 1.165) is 38.4 Å². The Hall–Kier alpha value is -0.570. The molecule has 2 fully saturated rings. The monoisotopic (exact) mass is 252 g/mol. The Morgan fingerprint density at radius 1 is 1.33 bits per heavy atom. The van der Waals surface area contributed by atoms with Crippen molar-refractivity contribution in [3.8, 4) is 0 Å². The van der Waals surface area contributed by atoms with Gasteiger partial charge in [0.15, 0.2) is 0 Å². The predicted octanol–water partition coefficient (Wildman–Crippen LogP) is 2.41. The molecule has 1 heterocycles. The number of hydrogen-bond donors (Lipinski definition) is 1. The lowest BCUT2D eigenvalue weighted by Gasteiger charge is -2.27. The minimum absolute atomic E-state index is 0.380. The highest BCUT2D eigenvalue weighted by Crippen LogP contribution is 2.30. The maximum absolute atomic E-state index is 12.4. The Morgan fingerprint density at radius 3 is 2.67 bits per heavy atom. The summed E-state index contributed by atoms with van der Waals surface area (Å²) in [6.45, 7) is 7.42. The molecule has 3 heteroatoms. The lowest BCUT2D eigenvalue weighted by atomic mass is 10.0. The molecule has 0 aromatic carbocycles. The van der Waals surface area contributed by atoms with Gasteiger partial charge in [0.1, 0.15) is 0 Å². The Bertz CT molecular complexity index is 270. The van der Waals surface area contributed by atoms with Crippen LogP contribution in [0.1, 0.15) is 52.4 Å². The SMILES string of the molecule is CCC(C)CC(=O)N(CC1CC1)CC1CCCN1. The summed E-state index contributed by atoms with van der Waals surface area (Å²) in [5.41, 5.74) is 0. The van der Waals surface area contributed by atoms with Gasteiger partial charge in [0, 0.05) is 25.6 Å². The highest BCUT2D eigenvalue weighted by atomic mass is 16.2. The van der Waals surface area contributed by atoms with Gasteiger partial charge in [0.2, 0.25) is 5.91 Å². The Morgan fingerprint density at radius 2 is 2.11 bits per heavy atom. The third kappa shape index (κ3) is 4.27. The zero-order valence-corrected chi connectivity index (χ0v) is 12.0. The highest BCUT2D eigenvalue weighted by Gasteiger charge is 2.29. The van der Waals surface area contributed by atoms with E-state index in [2.05, 4.69) is 24.1 Å². The molecule has 0 aromatic heterocycles. The van der Waals surface area contributed by atoms with E-state index in [1.54, 1.807) is 0 Å². The number of amides is 1. The zero-order chi connectivity index (χ0) is 13.0. The van der Waals surface area contributed by atoms with E-state index >= 15 is 0 Å². The molecule has 2 atom stereocenters. The van der Waals surface area contributed by atoms with Crippen molar-refractivity contribution in [3.63, 3.8) is 0 Å². The summed E-state index contributed by atoms with van der Waals surface area (Å²) in [5, 5.41) is 3.51. The standard InChI is InChI=1S/C15H28N2O/c1-3-12(2)9-15(18)17(10-13-6-7-13)11-14-5-4-8-16-14/h12-14,16H,3-11H2,1-2H3. The number of rotatable bonds is 7. The third-order valence-corrected chi connectivity index (χ3v) is 4.35. The van der Waals surface area contributed by atoms with Gasteiger partial charge in [-0.15, -0.1) is 0 Å². The van der Waals surface area contributed by atoms with Crippen molar-refractivity contribution in [1.29, 1.82) is 0 Å². The second kappa shape index (κ2) is 6.55. The predicted molar refractivity (Wildman–Crippen MR) is 74.4 cm³/mol. The molecular weight excluding hydrogens is 224 g/mol. The van der Waals surface area contributed by atoms with Crippen LogP contribution in [0.2, 0.25) is 0 Å². The van der Waals surface area contributed by atoms with Crippen LogP contribution in [0.4, 0.5) is 0 Å². The molecule has 18 heavy (non-hydrogen) atoms. The third-order valence-electron chi connectivity index (χ3n) is 4.35. The largest absolute Gasteiger partial charge is 0.341 e. The molecule has 0 radical (unpaired) electrons. The first kappa shape index (κ1) is 13.9. The van der Waals surface area contributed by atoms with E-state index in [9.17, 15) is 4.79 Å². The summed E-state index contributed by atoms with van der Waals surface area (Å²) >= 11 is 0. The highest BCUT2D eigenvalue weighted by molar-refractivity contribution is 5.76. The second-order valence-corrected chi connectivity index (χ2v) is 6.25. The maximum atomic E-state index is 12.4. The van der Waals surface area contributed by atoms with Crippen molar-refractivity contribution in [2.24, 2.45) is 11.8 Å². The van der Waals surface area contributed by atoms with Gasteiger partial charge in [-0.25, -0.2) is 0 Å². The normalized spacial score (nSPS) is 25.1. The molecule has 0 spiro atoms. The van der Waals surface area contributed by atoms with Crippen LogP contribution in [0.5, 0.6) is 0 Å². The number of hydrogen-bond acceptors (Lipinski definition) is 2. The molecule has 1 N–H and O–H groups in total. The van der Waals surface area contributed by atoms with E-state index in [1.165, 1.54) is 25.7 Å². The average Bonchev–Trinajstić information content (AvgIpc) is 3.02. The van der Waals surface area contributed by atoms with Crippen molar-refractivity contribution in [1.82, 2.24) is 10.2 Å². The quantitative estimate of drug-likeness (QED) is 0.754. The maximum Gasteiger partial charge on any atom is 0.222 e. The molecular formula is C15H28N2O. The Kier molecular flexibility index (Phi) is 5.04. The lowest BCUT2D eigenvalue weighted by Crippen LogP contribution is -2.42. The number of carbonyl (C=O) groups is 1. The van der Waals surface area contributed by atoms with Gasteiger partial charge < -0.3 is 10.2 Å². The van der Waals surface area contributed by atoms with E-state index in [4.69, 9.17) is 0 Å². The topological polar surface area (TPSA) is 32.3 Å². The number of carbonyl (C=O) groups excluding carboxylic acids is 1. The van der Waals surface area contributed by atoms with Crippen molar-refractivity contribution >= 4 is 5.91 Å². The molecule has 2 rings (SSSR count). The molecule has 2 unspecified atom stereocenters. The Labute approximate surface area is 111 Å². The van der Waals surface area contributed by atoms with Crippen LogP contribution in [-0.4, -0.2) is 36.5 Å². The van der Waals surface area contributed by atoms with Crippen LogP contribution in [0, 0.1) is 11.8 Å². The molecule has 2 aliphatic rings. The first-order chi connectivity index (χ1) is 8.69. The zero-order valence-electron chi connectivity index (χ0n) is 12.0. The number of nitrogens with zero attached hydrogens (tertiary/aromatic N) is 1. The van der Waals surface area contributed by atoms with Crippen LogP contribution in [-0.2, 0) is 4.79 Å². The fraction of sp³-hybridized carbons (Fsp3) is 0.933. The summed E-state index contributed by atoms with van der Waals surface area (Å²) in [4.78, 5) is 14.5. The second-order valence-electron chi connectivity index (χ2n) is 6.25. The van der Waals surface area contributed by atoms with Crippen molar-refractivity contribution in [2.45, 2.75) is 58.4 Å². The van der Waals surface area contributed by atoms with E-state index in [1.807, 2.05) is 0 Å². The minimum Gasteiger partial charge on any atom is -0.341 e. The molecule has 0 aromatic rings. The molecule has 3 nitrogen and oxygen atoms in total. The van der Waals surface area contributed by atoms with Gasteiger partial charge in [-0.3, -0.25) is 4.79 Å². The van der Waals surface area contributed by atoms with Gasteiger partial charge in [0.05, 0.1) is 0 Å². The molecule has 1 aliphatic heterocycles. The summed E-state index contributed by atoms with van der Waals surface area (Å²) in [7, 11) is 0. The van der Waals surface area contributed by atoms with Crippen LogP contribution in [0.3, 0.4) is 0 Å². The van der Waals surface area contributed by atoms with Crippen LogP contribution in [0.25, 0.3) is 0 Å².